The third kappa shape index (κ3) is 11.1. The molecule has 1 unspecified atom stereocenters. The van der Waals surface area contributed by atoms with Crippen LogP contribution in [-0.4, -0.2) is 57.0 Å². The van der Waals surface area contributed by atoms with Crippen LogP contribution >= 0.6 is 0 Å². The van der Waals surface area contributed by atoms with Crippen LogP contribution in [-0.2, 0) is 40.5 Å². The molecule has 49 heavy (non-hydrogen) atoms. The SMILES string of the molecule is O=C(CN(Cc1ccc(OCc2ccccc2)cc1)C(=O)[C@H](Cc1cnc[nH]1)NC(=O)OCc1ccccc1)NCC(O)c1ccccc1. The normalized spacial score (nSPS) is 11.9. The van der Waals surface area contributed by atoms with Gasteiger partial charge in [0.15, 0.2) is 0 Å². The van der Waals surface area contributed by atoms with Crippen LogP contribution in [0.3, 0.4) is 0 Å². The number of aliphatic hydroxyl groups excluding tert-OH is 1. The summed E-state index contributed by atoms with van der Waals surface area (Å²) in [6.07, 6.45) is 1.42. The smallest absolute Gasteiger partial charge is 0.408 e. The molecule has 0 fully saturated rings. The molecule has 1 aromatic heterocycles. The molecule has 5 rings (SSSR count). The summed E-state index contributed by atoms with van der Waals surface area (Å²) in [5.74, 6) is -0.328. The zero-order valence-electron chi connectivity index (χ0n) is 26.9. The maximum Gasteiger partial charge on any atom is 0.408 e. The van der Waals surface area contributed by atoms with E-state index in [4.69, 9.17) is 9.47 Å². The van der Waals surface area contributed by atoms with Crippen molar-refractivity contribution >= 4 is 17.9 Å². The molecule has 0 aliphatic rings. The molecule has 0 bridgehead atoms. The predicted octanol–water partition coefficient (Wildman–Crippen LogP) is 4.70. The van der Waals surface area contributed by atoms with Gasteiger partial charge in [0.2, 0.25) is 11.8 Å². The van der Waals surface area contributed by atoms with E-state index in [1.807, 2.05) is 78.9 Å². The van der Waals surface area contributed by atoms with Gasteiger partial charge in [-0.05, 0) is 34.4 Å². The monoisotopic (exact) mass is 661 g/mol. The van der Waals surface area contributed by atoms with Crippen LogP contribution in [0, 0.1) is 0 Å². The summed E-state index contributed by atoms with van der Waals surface area (Å²) < 4.78 is 11.3. The molecule has 0 spiro atoms. The van der Waals surface area contributed by atoms with Gasteiger partial charge in [-0.25, -0.2) is 9.78 Å². The van der Waals surface area contributed by atoms with Crippen LogP contribution in [0.5, 0.6) is 5.75 Å². The molecule has 252 valence electrons. The molecule has 1 heterocycles. The average Bonchev–Trinajstić information content (AvgIpc) is 3.66. The number of nitrogens with one attached hydrogen (secondary N) is 3. The van der Waals surface area contributed by atoms with Gasteiger partial charge >= 0.3 is 6.09 Å². The summed E-state index contributed by atoms with van der Waals surface area (Å²) in [5.41, 5.74) is 3.83. The quantitative estimate of drug-likeness (QED) is 0.120. The number of amides is 3. The third-order valence-corrected chi connectivity index (χ3v) is 7.65. The lowest BCUT2D eigenvalue weighted by molar-refractivity contribution is -0.138. The van der Waals surface area contributed by atoms with Crippen molar-refractivity contribution in [2.45, 2.75) is 38.3 Å². The number of hydrogen-bond donors (Lipinski definition) is 4. The van der Waals surface area contributed by atoms with E-state index in [0.717, 1.165) is 16.7 Å². The minimum Gasteiger partial charge on any atom is -0.489 e. The van der Waals surface area contributed by atoms with E-state index >= 15 is 0 Å². The number of carbonyl (C=O) groups excluding carboxylic acids is 3. The molecule has 0 radical (unpaired) electrons. The number of imidazole rings is 1. The van der Waals surface area contributed by atoms with Gasteiger partial charge < -0.3 is 35.1 Å². The molecule has 11 heteroatoms. The number of hydrogen-bond acceptors (Lipinski definition) is 7. The summed E-state index contributed by atoms with van der Waals surface area (Å²) in [4.78, 5) is 48.7. The molecule has 4 N–H and O–H groups in total. The van der Waals surface area contributed by atoms with Gasteiger partial charge in [0, 0.05) is 31.4 Å². The van der Waals surface area contributed by atoms with Gasteiger partial charge in [0.05, 0.1) is 19.0 Å². The maximum absolute atomic E-state index is 14.2. The highest BCUT2D eigenvalue weighted by Gasteiger charge is 2.29. The van der Waals surface area contributed by atoms with Gasteiger partial charge in [0.1, 0.15) is 25.0 Å². The number of benzene rings is 4. The minimum absolute atomic E-state index is 0.0200. The van der Waals surface area contributed by atoms with Crippen LogP contribution in [0.15, 0.2) is 128 Å². The van der Waals surface area contributed by atoms with E-state index in [9.17, 15) is 19.5 Å². The zero-order chi connectivity index (χ0) is 34.3. The fourth-order valence-corrected chi connectivity index (χ4v) is 5.04. The molecular formula is C38H39N5O6. The Bertz CT molecular complexity index is 1740. The standard InChI is InChI=1S/C38H39N5O6/c44-35(31-14-8-3-9-15-31)22-40-36(45)24-43(23-28-16-18-33(19-17-28)48-25-29-10-4-1-5-11-29)37(46)34(20-32-21-39-27-41-32)42-38(47)49-26-30-12-6-2-7-13-30/h1-19,21,27,34-35,44H,20,22-26H2,(H,39,41)(H,40,45)(H,42,47)/t34-,35?/m0/s1. The van der Waals surface area contributed by atoms with Gasteiger partial charge in [-0.3, -0.25) is 9.59 Å². The first-order chi connectivity index (χ1) is 23.9. The van der Waals surface area contributed by atoms with E-state index in [1.54, 1.807) is 42.6 Å². The Morgan fingerprint density at radius 3 is 2.06 bits per heavy atom. The molecular weight excluding hydrogens is 622 g/mol. The maximum atomic E-state index is 14.2. The van der Waals surface area contributed by atoms with Gasteiger partial charge in [-0.2, -0.15) is 0 Å². The number of aromatic nitrogens is 2. The lowest BCUT2D eigenvalue weighted by Gasteiger charge is -2.28. The van der Waals surface area contributed by atoms with Gasteiger partial charge in [-0.15, -0.1) is 0 Å². The fourth-order valence-electron chi connectivity index (χ4n) is 5.04. The number of H-pyrrole nitrogens is 1. The van der Waals surface area contributed by atoms with E-state index in [1.165, 1.54) is 11.2 Å². The van der Waals surface area contributed by atoms with E-state index in [2.05, 4.69) is 20.6 Å². The summed E-state index contributed by atoms with van der Waals surface area (Å²) in [7, 11) is 0. The largest absolute Gasteiger partial charge is 0.489 e. The van der Waals surface area contributed by atoms with Crippen molar-refractivity contribution in [3.8, 4) is 5.75 Å². The van der Waals surface area contributed by atoms with Crippen molar-refractivity contribution < 1.29 is 29.0 Å². The number of aliphatic hydroxyl groups is 1. The summed E-state index contributed by atoms with van der Waals surface area (Å²) >= 11 is 0. The van der Waals surface area contributed by atoms with Crippen LogP contribution < -0.4 is 15.4 Å². The highest BCUT2D eigenvalue weighted by molar-refractivity contribution is 5.89. The highest BCUT2D eigenvalue weighted by Crippen LogP contribution is 2.17. The lowest BCUT2D eigenvalue weighted by Crippen LogP contribution is -2.52. The Labute approximate surface area is 284 Å². The predicted molar refractivity (Wildman–Crippen MR) is 183 cm³/mol. The van der Waals surface area contributed by atoms with Gasteiger partial charge in [0.25, 0.3) is 0 Å². The van der Waals surface area contributed by atoms with Crippen molar-refractivity contribution in [3.63, 3.8) is 0 Å². The first-order valence-electron chi connectivity index (χ1n) is 15.9. The van der Waals surface area contributed by atoms with Crippen LogP contribution in [0.2, 0.25) is 0 Å². The molecule has 0 saturated carbocycles. The van der Waals surface area contributed by atoms with Crippen LogP contribution in [0.1, 0.15) is 34.1 Å². The molecule has 11 nitrogen and oxygen atoms in total. The number of aromatic amines is 1. The summed E-state index contributed by atoms with van der Waals surface area (Å²) in [6, 6.07) is 34.1. The Hall–Kier alpha value is -5.94. The van der Waals surface area contributed by atoms with Crippen molar-refractivity contribution in [1.29, 1.82) is 0 Å². The Morgan fingerprint density at radius 1 is 0.796 bits per heavy atom. The van der Waals surface area contributed by atoms with Crippen molar-refractivity contribution in [1.82, 2.24) is 25.5 Å². The third-order valence-electron chi connectivity index (χ3n) is 7.65. The molecule has 4 aromatic carbocycles. The van der Waals surface area contributed by atoms with Gasteiger partial charge in [-0.1, -0.05) is 103 Å². The zero-order valence-corrected chi connectivity index (χ0v) is 26.9. The first-order valence-corrected chi connectivity index (χ1v) is 15.9. The Morgan fingerprint density at radius 2 is 1.43 bits per heavy atom. The van der Waals surface area contributed by atoms with Crippen molar-refractivity contribution in [3.05, 3.63) is 156 Å². The van der Waals surface area contributed by atoms with E-state index in [0.29, 0.717) is 23.6 Å². The van der Waals surface area contributed by atoms with Crippen molar-refractivity contribution in [2.24, 2.45) is 0 Å². The molecule has 0 saturated heterocycles. The van der Waals surface area contributed by atoms with Crippen LogP contribution in [0.4, 0.5) is 4.79 Å². The Kier molecular flexibility index (Phi) is 12.5. The first kappa shape index (κ1) is 34.4. The van der Waals surface area contributed by atoms with Crippen LogP contribution in [0.25, 0.3) is 0 Å². The second kappa shape index (κ2) is 17.8. The lowest BCUT2D eigenvalue weighted by atomic mass is 10.1. The van der Waals surface area contributed by atoms with Crippen molar-refractivity contribution in [2.75, 3.05) is 13.1 Å². The molecule has 2 atom stereocenters. The second-order valence-electron chi connectivity index (χ2n) is 11.4. The summed E-state index contributed by atoms with van der Waals surface area (Å²) in [5, 5.41) is 16.0. The molecule has 0 aliphatic heterocycles. The number of carbonyl (C=O) groups is 3. The topological polar surface area (TPSA) is 146 Å². The average molecular weight is 662 g/mol. The number of rotatable bonds is 16. The Balaban J connectivity index is 1.29. The molecule has 3 amide bonds. The van der Waals surface area contributed by atoms with E-state index in [-0.39, 0.29) is 32.7 Å². The number of ether oxygens (including phenoxy) is 2. The fraction of sp³-hybridized carbons (Fsp3) is 0.211. The number of nitrogens with zero attached hydrogens (tertiary/aromatic N) is 2. The molecule has 0 aliphatic carbocycles. The number of alkyl carbamates (subject to hydrolysis) is 1. The summed E-state index contributed by atoms with van der Waals surface area (Å²) in [6.45, 7) is 0.118. The molecule has 5 aromatic rings. The minimum atomic E-state index is -1.08. The van der Waals surface area contributed by atoms with E-state index < -0.39 is 30.1 Å². The highest BCUT2D eigenvalue weighted by atomic mass is 16.5. The second-order valence-corrected chi connectivity index (χ2v) is 11.4.